The highest BCUT2D eigenvalue weighted by atomic mass is 35.5. The lowest BCUT2D eigenvalue weighted by Crippen LogP contribution is -2.34. The number of hydrogen-bond acceptors (Lipinski definition) is 4. The summed E-state index contributed by atoms with van der Waals surface area (Å²) < 4.78 is 29.9. The van der Waals surface area contributed by atoms with Gasteiger partial charge in [0.25, 0.3) is 0 Å². The molecule has 1 aromatic rings. The number of benzene rings is 1. The van der Waals surface area contributed by atoms with E-state index in [0.717, 1.165) is 4.31 Å². The van der Waals surface area contributed by atoms with E-state index in [0.29, 0.717) is 5.56 Å². The summed E-state index contributed by atoms with van der Waals surface area (Å²) in [5.41, 5.74) is 0.312. The SMILES string of the molecule is CCOC(=O)CN(C)S(=O)(=O)Cc1c(Cl)cccc1Cl. The minimum absolute atomic E-state index is 0.197. The summed E-state index contributed by atoms with van der Waals surface area (Å²) >= 11 is 11.9. The summed E-state index contributed by atoms with van der Waals surface area (Å²) in [6.07, 6.45) is 0. The number of esters is 1. The molecule has 112 valence electrons. The van der Waals surface area contributed by atoms with E-state index >= 15 is 0 Å². The van der Waals surface area contributed by atoms with Crippen molar-refractivity contribution in [2.75, 3.05) is 20.2 Å². The molecule has 0 radical (unpaired) electrons. The summed E-state index contributed by atoms with van der Waals surface area (Å²) in [5.74, 6) is -0.981. The standard InChI is InChI=1S/C12H15Cl2NO4S/c1-3-19-12(16)7-15(2)20(17,18)8-9-10(13)5-4-6-11(9)14/h4-6H,3,7-8H2,1-2H3. The van der Waals surface area contributed by atoms with Gasteiger partial charge in [-0.2, -0.15) is 4.31 Å². The van der Waals surface area contributed by atoms with Crippen LogP contribution in [0.1, 0.15) is 12.5 Å². The maximum absolute atomic E-state index is 12.1. The van der Waals surface area contributed by atoms with Crippen molar-refractivity contribution in [1.29, 1.82) is 0 Å². The number of likely N-dealkylation sites (N-methyl/N-ethyl adjacent to an activating group) is 1. The first-order valence-electron chi connectivity index (χ1n) is 5.80. The van der Waals surface area contributed by atoms with Crippen LogP contribution in [-0.4, -0.2) is 38.9 Å². The van der Waals surface area contributed by atoms with E-state index in [4.69, 9.17) is 27.9 Å². The Labute approximate surface area is 128 Å². The zero-order valence-electron chi connectivity index (χ0n) is 11.1. The summed E-state index contributed by atoms with van der Waals surface area (Å²) in [6.45, 7) is 1.50. The summed E-state index contributed by atoms with van der Waals surface area (Å²) in [5, 5.41) is 0.538. The highest BCUT2D eigenvalue weighted by Crippen LogP contribution is 2.26. The Kier molecular flexibility index (Phi) is 6.26. The number of ether oxygens (including phenoxy) is 1. The monoisotopic (exact) mass is 339 g/mol. The van der Waals surface area contributed by atoms with Crippen molar-refractivity contribution < 1.29 is 17.9 Å². The van der Waals surface area contributed by atoms with Crippen LogP contribution in [0.2, 0.25) is 10.0 Å². The topological polar surface area (TPSA) is 63.7 Å². The maximum Gasteiger partial charge on any atom is 0.321 e. The predicted molar refractivity (Wildman–Crippen MR) is 78.3 cm³/mol. The van der Waals surface area contributed by atoms with Crippen molar-refractivity contribution in [1.82, 2.24) is 4.31 Å². The Bertz CT molecular complexity index is 569. The third kappa shape index (κ3) is 4.63. The Morgan fingerprint density at radius 3 is 2.35 bits per heavy atom. The number of carbonyl (C=O) groups excluding carboxylic acids is 1. The van der Waals surface area contributed by atoms with Crippen LogP contribution in [-0.2, 0) is 25.3 Å². The van der Waals surface area contributed by atoms with Gasteiger partial charge in [-0.15, -0.1) is 0 Å². The lowest BCUT2D eigenvalue weighted by Gasteiger charge is -2.17. The molecule has 0 aliphatic carbocycles. The van der Waals surface area contributed by atoms with Gasteiger partial charge in [0.2, 0.25) is 10.0 Å². The van der Waals surface area contributed by atoms with Crippen molar-refractivity contribution in [3.63, 3.8) is 0 Å². The molecule has 1 rings (SSSR count). The Hall–Kier alpha value is -0.820. The van der Waals surface area contributed by atoms with Crippen molar-refractivity contribution in [3.05, 3.63) is 33.8 Å². The molecule has 0 saturated carbocycles. The maximum atomic E-state index is 12.1. The van der Waals surface area contributed by atoms with Gasteiger partial charge in [0.1, 0.15) is 6.54 Å². The van der Waals surface area contributed by atoms with E-state index < -0.39 is 16.0 Å². The largest absolute Gasteiger partial charge is 0.465 e. The first-order valence-corrected chi connectivity index (χ1v) is 8.17. The third-order valence-corrected chi connectivity index (χ3v) is 4.96. The first kappa shape index (κ1) is 17.2. The van der Waals surface area contributed by atoms with Crippen LogP contribution in [0, 0.1) is 0 Å². The average molecular weight is 340 g/mol. The van der Waals surface area contributed by atoms with Gasteiger partial charge in [-0.25, -0.2) is 8.42 Å². The van der Waals surface area contributed by atoms with Gasteiger partial charge in [0, 0.05) is 22.7 Å². The normalized spacial score (nSPS) is 11.7. The van der Waals surface area contributed by atoms with Gasteiger partial charge < -0.3 is 4.74 Å². The Balaban J connectivity index is 2.87. The second-order valence-electron chi connectivity index (χ2n) is 4.02. The molecule has 0 atom stereocenters. The molecule has 1 aromatic carbocycles. The molecule has 20 heavy (non-hydrogen) atoms. The smallest absolute Gasteiger partial charge is 0.321 e. The molecule has 0 fully saturated rings. The molecule has 0 unspecified atom stereocenters. The van der Waals surface area contributed by atoms with Crippen molar-refractivity contribution in [3.8, 4) is 0 Å². The predicted octanol–water partition coefficient (Wildman–Crippen LogP) is 2.32. The van der Waals surface area contributed by atoms with Crippen molar-refractivity contribution >= 4 is 39.2 Å². The van der Waals surface area contributed by atoms with Gasteiger partial charge in [0.15, 0.2) is 0 Å². The quantitative estimate of drug-likeness (QED) is 0.746. The fourth-order valence-electron chi connectivity index (χ4n) is 1.45. The average Bonchev–Trinajstić information content (AvgIpc) is 2.34. The van der Waals surface area contributed by atoms with Gasteiger partial charge in [0.05, 0.1) is 12.4 Å². The fourth-order valence-corrected chi connectivity index (χ4v) is 3.34. The van der Waals surface area contributed by atoms with Crippen LogP contribution in [0.3, 0.4) is 0 Å². The second-order valence-corrected chi connectivity index (χ2v) is 6.91. The molecule has 0 aromatic heterocycles. The molecule has 0 amide bonds. The minimum Gasteiger partial charge on any atom is -0.465 e. The number of hydrogen-bond donors (Lipinski definition) is 0. The Morgan fingerprint density at radius 1 is 1.30 bits per heavy atom. The number of nitrogens with zero attached hydrogens (tertiary/aromatic N) is 1. The molecule has 0 heterocycles. The second kappa shape index (κ2) is 7.26. The van der Waals surface area contributed by atoms with Crippen molar-refractivity contribution in [2.24, 2.45) is 0 Å². The third-order valence-electron chi connectivity index (χ3n) is 2.52. The molecule has 0 N–H and O–H groups in total. The molecular formula is C12H15Cl2NO4S. The minimum atomic E-state index is -3.71. The first-order chi connectivity index (χ1) is 9.27. The van der Waals surface area contributed by atoms with Crippen LogP contribution < -0.4 is 0 Å². The number of sulfonamides is 1. The van der Waals surface area contributed by atoms with Gasteiger partial charge >= 0.3 is 5.97 Å². The van der Waals surface area contributed by atoms with Gasteiger partial charge in [-0.05, 0) is 19.1 Å². The summed E-state index contributed by atoms with van der Waals surface area (Å²) in [4.78, 5) is 11.3. The van der Waals surface area contributed by atoms with Crippen LogP contribution in [0.15, 0.2) is 18.2 Å². The lowest BCUT2D eigenvalue weighted by atomic mass is 10.2. The van der Waals surface area contributed by atoms with E-state index in [1.807, 2.05) is 0 Å². The molecule has 0 saturated heterocycles. The zero-order valence-corrected chi connectivity index (χ0v) is 13.4. The molecule has 0 aliphatic heterocycles. The fraction of sp³-hybridized carbons (Fsp3) is 0.417. The van der Waals surface area contributed by atoms with E-state index in [-0.39, 0.29) is 28.9 Å². The highest BCUT2D eigenvalue weighted by molar-refractivity contribution is 7.88. The molecule has 0 bridgehead atoms. The van der Waals surface area contributed by atoms with Crippen molar-refractivity contribution in [2.45, 2.75) is 12.7 Å². The van der Waals surface area contributed by atoms with Crippen LogP contribution in [0.25, 0.3) is 0 Å². The number of rotatable bonds is 6. The molecule has 5 nitrogen and oxygen atoms in total. The van der Waals surface area contributed by atoms with E-state index in [9.17, 15) is 13.2 Å². The zero-order chi connectivity index (χ0) is 15.3. The molecule has 0 aliphatic rings. The number of halogens is 2. The summed E-state index contributed by atoms with van der Waals surface area (Å²) in [6, 6.07) is 4.75. The molecule has 0 spiro atoms. The number of carbonyl (C=O) groups is 1. The van der Waals surface area contributed by atoms with Gasteiger partial charge in [-0.3, -0.25) is 4.79 Å². The van der Waals surface area contributed by atoms with E-state index in [2.05, 4.69) is 0 Å². The van der Waals surface area contributed by atoms with E-state index in [1.165, 1.54) is 7.05 Å². The van der Waals surface area contributed by atoms with Crippen LogP contribution >= 0.6 is 23.2 Å². The van der Waals surface area contributed by atoms with Crippen LogP contribution in [0.4, 0.5) is 0 Å². The molecular weight excluding hydrogens is 325 g/mol. The Morgan fingerprint density at radius 2 is 1.85 bits per heavy atom. The highest BCUT2D eigenvalue weighted by Gasteiger charge is 2.23. The summed E-state index contributed by atoms with van der Waals surface area (Å²) in [7, 11) is -2.41. The van der Waals surface area contributed by atoms with Crippen LogP contribution in [0.5, 0.6) is 0 Å². The molecule has 8 heteroatoms. The lowest BCUT2D eigenvalue weighted by molar-refractivity contribution is -0.143. The van der Waals surface area contributed by atoms with E-state index in [1.54, 1.807) is 25.1 Å². The van der Waals surface area contributed by atoms with Gasteiger partial charge in [-0.1, -0.05) is 29.3 Å².